The number of aryl methyl sites for hydroxylation is 3. The van der Waals surface area contributed by atoms with Crippen LogP contribution in [-0.4, -0.2) is 4.92 Å². The third-order valence-corrected chi connectivity index (χ3v) is 3.79. The van der Waals surface area contributed by atoms with Gasteiger partial charge in [-0.1, -0.05) is 24.3 Å². The Balaban J connectivity index is 2.30. The number of nitro groups is 1. The van der Waals surface area contributed by atoms with Crippen LogP contribution in [0, 0.1) is 30.9 Å². The normalized spacial score (nSPS) is 10.3. The first-order valence-corrected chi connectivity index (χ1v) is 6.89. The van der Waals surface area contributed by atoms with Crippen molar-refractivity contribution >= 4 is 17.7 Å². The zero-order valence-electron chi connectivity index (χ0n) is 11.5. The first-order chi connectivity index (χ1) is 9.49. The Bertz CT molecular complexity index is 656. The summed E-state index contributed by atoms with van der Waals surface area (Å²) < 4.78 is 5.63. The Morgan fingerprint density at radius 3 is 2.45 bits per heavy atom. The van der Waals surface area contributed by atoms with Crippen molar-refractivity contribution in [2.75, 3.05) is 0 Å². The number of rotatable bonds is 4. The van der Waals surface area contributed by atoms with Crippen LogP contribution in [0.1, 0.15) is 16.7 Å². The van der Waals surface area contributed by atoms with Crippen LogP contribution in [0.4, 0.5) is 5.69 Å². The highest BCUT2D eigenvalue weighted by Crippen LogP contribution is 2.36. The van der Waals surface area contributed by atoms with Crippen molar-refractivity contribution in [2.45, 2.75) is 25.7 Å². The van der Waals surface area contributed by atoms with Gasteiger partial charge in [-0.05, 0) is 38.0 Å². The molecule has 0 heterocycles. The number of benzene rings is 2. The molecular formula is C15H15NO3S. The molecule has 0 N–H and O–H groups in total. The zero-order chi connectivity index (χ0) is 14.7. The van der Waals surface area contributed by atoms with Crippen LogP contribution in [0.15, 0.2) is 41.3 Å². The monoisotopic (exact) mass is 289 g/mol. The Morgan fingerprint density at radius 1 is 1.10 bits per heavy atom. The molecule has 0 aliphatic heterocycles. The lowest BCUT2D eigenvalue weighted by Crippen LogP contribution is -1.96. The second-order valence-corrected chi connectivity index (χ2v) is 5.39. The highest BCUT2D eigenvalue weighted by atomic mass is 32.2. The minimum Gasteiger partial charge on any atom is -0.413 e. The molecule has 0 bridgehead atoms. The maximum atomic E-state index is 11.1. The molecule has 104 valence electrons. The molecule has 0 fully saturated rings. The molecule has 0 aliphatic carbocycles. The topological polar surface area (TPSA) is 52.4 Å². The summed E-state index contributed by atoms with van der Waals surface area (Å²) in [5, 5.41) is 11.1. The van der Waals surface area contributed by atoms with Gasteiger partial charge in [0, 0.05) is 11.6 Å². The van der Waals surface area contributed by atoms with Gasteiger partial charge < -0.3 is 4.18 Å². The van der Waals surface area contributed by atoms with Crippen molar-refractivity contribution in [3.05, 3.63) is 63.2 Å². The van der Waals surface area contributed by atoms with Crippen molar-refractivity contribution in [3.8, 4) is 5.75 Å². The maximum Gasteiger partial charge on any atom is 0.313 e. The molecule has 5 heteroatoms. The van der Waals surface area contributed by atoms with E-state index in [1.807, 2.05) is 51.1 Å². The Morgan fingerprint density at radius 2 is 1.80 bits per heavy atom. The van der Waals surface area contributed by atoms with E-state index in [1.54, 1.807) is 0 Å². The lowest BCUT2D eigenvalue weighted by atomic mass is 10.1. The number of hydrogen-bond donors (Lipinski definition) is 0. The molecule has 2 rings (SSSR count). The molecular weight excluding hydrogens is 274 g/mol. The second-order valence-electron chi connectivity index (χ2n) is 4.62. The number of nitro benzene ring substituents is 1. The molecule has 0 saturated carbocycles. The fourth-order valence-electron chi connectivity index (χ4n) is 1.91. The van der Waals surface area contributed by atoms with E-state index in [2.05, 4.69) is 0 Å². The van der Waals surface area contributed by atoms with Crippen LogP contribution < -0.4 is 4.18 Å². The van der Waals surface area contributed by atoms with E-state index < -0.39 is 4.92 Å². The molecule has 2 aromatic rings. The average Bonchev–Trinajstić information content (AvgIpc) is 2.38. The van der Waals surface area contributed by atoms with Crippen LogP contribution in [0.5, 0.6) is 5.75 Å². The van der Waals surface area contributed by atoms with Crippen molar-refractivity contribution in [2.24, 2.45) is 0 Å². The summed E-state index contributed by atoms with van der Waals surface area (Å²) in [6.07, 6.45) is 0. The summed E-state index contributed by atoms with van der Waals surface area (Å²) in [5.74, 6) is 0.314. The first kappa shape index (κ1) is 14.4. The van der Waals surface area contributed by atoms with Crippen molar-refractivity contribution in [3.63, 3.8) is 0 Å². The zero-order valence-corrected chi connectivity index (χ0v) is 12.4. The molecule has 0 radical (unpaired) electrons. The standard InChI is InChI=1S/C15H15NO3S/c1-10-8-12(3)15(13(9-10)16(17)18)19-20-14-7-5-4-6-11(14)2/h4-9H,1-3H3. The van der Waals surface area contributed by atoms with Crippen LogP contribution in [0.3, 0.4) is 0 Å². The van der Waals surface area contributed by atoms with Gasteiger partial charge in [0.2, 0.25) is 5.75 Å². The van der Waals surface area contributed by atoms with Crippen molar-refractivity contribution < 1.29 is 9.11 Å². The number of nitrogens with zero attached hydrogens (tertiary/aromatic N) is 1. The van der Waals surface area contributed by atoms with Gasteiger partial charge in [0.25, 0.3) is 0 Å². The highest BCUT2D eigenvalue weighted by Gasteiger charge is 2.19. The van der Waals surface area contributed by atoms with E-state index in [0.29, 0.717) is 5.75 Å². The molecule has 2 aromatic carbocycles. The van der Waals surface area contributed by atoms with Gasteiger partial charge in [-0.3, -0.25) is 10.1 Å². The van der Waals surface area contributed by atoms with E-state index >= 15 is 0 Å². The van der Waals surface area contributed by atoms with Crippen molar-refractivity contribution in [1.29, 1.82) is 0 Å². The number of hydrogen-bond acceptors (Lipinski definition) is 4. The Labute approximate surface area is 122 Å². The van der Waals surface area contributed by atoms with E-state index in [9.17, 15) is 10.1 Å². The minimum absolute atomic E-state index is 0.00332. The van der Waals surface area contributed by atoms with E-state index in [-0.39, 0.29) is 5.69 Å². The predicted molar refractivity (Wildman–Crippen MR) is 80.2 cm³/mol. The average molecular weight is 289 g/mol. The molecule has 0 unspecified atom stereocenters. The van der Waals surface area contributed by atoms with Gasteiger partial charge in [0.05, 0.1) is 21.9 Å². The molecule has 0 amide bonds. The quantitative estimate of drug-likeness (QED) is 0.468. The molecule has 20 heavy (non-hydrogen) atoms. The summed E-state index contributed by atoms with van der Waals surface area (Å²) in [6.45, 7) is 5.62. The predicted octanol–water partition coefficient (Wildman–Crippen LogP) is 4.61. The van der Waals surface area contributed by atoms with E-state index in [1.165, 1.54) is 6.07 Å². The molecule has 0 saturated heterocycles. The third-order valence-electron chi connectivity index (χ3n) is 2.90. The van der Waals surface area contributed by atoms with Gasteiger partial charge in [0.1, 0.15) is 0 Å². The van der Waals surface area contributed by atoms with Gasteiger partial charge in [-0.2, -0.15) is 0 Å². The smallest absolute Gasteiger partial charge is 0.313 e. The van der Waals surface area contributed by atoms with Crippen LogP contribution in [0.25, 0.3) is 0 Å². The van der Waals surface area contributed by atoms with Gasteiger partial charge >= 0.3 is 5.69 Å². The first-order valence-electron chi connectivity index (χ1n) is 6.15. The van der Waals surface area contributed by atoms with Crippen LogP contribution in [0.2, 0.25) is 0 Å². The lowest BCUT2D eigenvalue weighted by Gasteiger charge is -2.10. The van der Waals surface area contributed by atoms with Crippen LogP contribution >= 0.6 is 12.0 Å². The molecule has 0 aromatic heterocycles. The molecule has 4 nitrogen and oxygen atoms in total. The summed E-state index contributed by atoms with van der Waals surface area (Å²) in [6, 6.07) is 11.2. The van der Waals surface area contributed by atoms with E-state index in [0.717, 1.165) is 33.6 Å². The Hall–Kier alpha value is -2.01. The molecule has 0 spiro atoms. The largest absolute Gasteiger partial charge is 0.413 e. The molecule has 0 atom stereocenters. The minimum atomic E-state index is -0.409. The van der Waals surface area contributed by atoms with Crippen LogP contribution in [-0.2, 0) is 0 Å². The highest BCUT2D eigenvalue weighted by molar-refractivity contribution is 7.95. The summed E-state index contributed by atoms with van der Waals surface area (Å²) >= 11 is 1.15. The maximum absolute atomic E-state index is 11.1. The molecule has 0 aliphatic rings. The Kier molecular flexibility index (Phi) is 4.29. The summed E-state index contributed by atoms with van der Waals surface area (Å²) in [5.41, 5.74) is 2.69. The van der Waals surface area contributed by atoms with Gasteiger partial charge in [-0.15, -0.1) is 0 Å². The summed E-state index contributed by atoms with van der Waals surface area (Å²) in [4.78, 5) is 11.7. The SMILES string of the molecule is Cc1cc(C)c(OSc2ccccc2C)c([N+](=O)[O-])c1. The van der Waals surface area contributed by atoms with Gasteiger partial charge in [-0.25, -0.2) is 0 Å². The fraction of sp³-hybridized carbons (Fsp3) is 0.200. The fourth-order valence-corrected chi connectivity index (χ4v) is 2.64. The third kappa shape index (κ3) is 3.11. The lowest BCUT2D eigenvalue weighted by molar-refractivity contribution is -0.385. The van der Waals surface area contributed by atoms with Crippen molar-refractivity contribution in [1.82, 2.24) is 0 Å². The van der Waals surface area contributed by atoms with E-state index in [4.69, 9.17) is 4.18 Å². The second kappa shape index (κ2) is 5.96. The van der Waals surface area contributed by atoms with Gasteiger partial charge in [0.15, 0.2) is 0 Å². The summed E-state index contributed by atoms with van der Waals surface area (Å²) in [7, 11) is 0.